The molecular weight excluding hydrogens is 208 g/mol. The number of aromatic nitrogens is 2. The van der Waals surface area contributed by atoms with Gasteiger partial charge in [-0.25, -0.2) is 9.89 Å². The van der Waals surface area contributed by atoms with E-state index >= 15 is 0 Å². The summed E-state index contributed by atoms with van der Waals surface area (Å²) in [6.07, 6.45) is 0. The Balaban J connectivity index is 2.66. The molecule has 0 atom stereocenters. The van der Waals surface area contributed by atoms with E-state index in [1.807, 2.05) is 6.07 Å². The number of carboxylic acid groups (broad SMARTS) is 1. The van der Waals surface area contributed by atoms with Crippen LogP contribution in [0.2, 0.25) is 0 Å². The topological polar surface area (TPSA) is 83.0 Å². The second kappa shape index (κ2) is 3.98. The molecule has 0 unspecified atom stereocenters. The van der Waals surface area contributed by atoms with Crippen LogP contribution in [0.5, 0.6) is 0 Å². The van der Waals surface area contributed by atoms with Gasteiger partial charge in [0.15, 0.2) is 0 Å². The van der Waals surface area contributed by atoms with Gasteiger partial charge < -0.3 is 5.11 Å². The molecule has 0 bridgehead atoms. The van der Waals surface area contributed by atoms with Gasteiger partial charge in [-0.1, -0.05) is 30.3 Å². The van der Waals surface area contributed by atoms with Crippen LogP contribution in [0.4, 0.5) is 0 Å². The van der Waals surface area contributed by atoms with E-state index < -0.39 is 11.5 Å². The van der Waals surface area contributed by atoms with Crippen molar-refractivity contribution in [2.45, 2.75) is 0 Å². The van der Waals surface area contributed by atoms with Gasteiger partial charge in [0.2, 0.25) is 0 Å². The Bertz CT molecular complexity index is 575. The fraction of sp³-hybridized carbons (Fsp3) is 0. The molecule has 2 aromatic rings. The van der Waals surface area contributed by atoms with Gasteiger partial charge in [0.25, 0.3) is 5.56 Å². The predicted octanol–water partition coefficient (Wildman–Crippen LogP) is 1.14. The van der Waals surface area contributed by atoms with Crippen LogP contribution in [-0.4, -0.2) is 21.3 Å². The van der Waals surface area contributed by atoms with E-state index in [9.17, 15) is 9.59 Å². The Morgan fingerprint density at radius 2 is 1.94 bits per heavy atom. The maximum Gasteiger partial charge on any atom is 0.338 e. The molecule has 0 spiro atoms. The Hall–Kier alpha value is -2.43. The Morgan fingerprint density at radius 1 is 1.25 bits per heavy atom. The largest absolute Gasteiger partial charge is 0.478 e. The second-order valence-electron chi connectivity index (χ2n) is 3.17. The lowest BCUT2D eigenvalue weighted by Gasteiger charge is -2.03. The van der Waals surface area contributed by atoms with E-state index in [4.69, 9.17) is 5.11 Å². The smallest absolute Gasteiger partial charge is 0.338 e. The van der Waals surface area contributed by atoms with Crippen LogP contribution in [0, 0.1) is 0 Å². The number of nitrogens with zero attached hydrogens (tertiary/aromatic N) is 1. The highest BCUT2D eigenvalue weighted by Crippen LogP contribution is 2.18. The van der Waals surface area contributed by atoms with Crippen molar-refractivity contribution in [3.63, 3.8) is 0 Å². The molecule has 16 heavy (non-hydrogen) atoms. The molecule has 80 valence electrons. The van der Waals surface area contributed by atoms with Crippen LogP contribution >= 0.6 is 0 Å². The number of rotatable bonds is 2. The standard InChI is InChI=1S/C11H8N2O3/c14-9-6-8(11(15)16)10(13-12-9)7-4-2-1-3-5-7/h1-6H,(H,12,14)(H,15,16). The Morgan fingerprint density at radius 3 is 2.56 bits per heavy atom. The number of H-pyrrole nitrogens is 1. The molecule has 1 heterocycles. The summed E-state index contributed by atoms with van der Waals surface area (Å²) in [6.45, 7) is 0. The summed E-state index contributed by atoms with van der Waals surface area (Å²) in [6, 6.07) is 9.84. The molecule has 5 heteroatoms. The van der Waals surface area contributed by atoms with Crippen LogP contribution in [-0.2, 0) is 0 Å². The molecule has 1 aromatic heterocycles. The Kier molecular flexibility index (Phi) is 2.51. The molecule has 0 saturated carbocycles. The third-order valence-corrected chi connectivity index (χ3v) is 2.09. The summed E-state index contributed by atoms with van der Waals surface area (Å²) in [5.41, 5.74) is 0.274. The number of benzene rings is 1. The van der Waals surface area contributed by atoms with Gasteiger partial charge in [-0.15, -0.1) is 0 Å². The van der Waals surface area contributed by atoms with Gasteiger partial charge in [0.05, 0.1) is 5.56 Å². The van der Waals surface area contributed by atoms with Crippen LogP contribution < -0.4 is 5.56 Å². The molecule has 1 aromatic carbocycles. The molecular formula is C11H8N2O3. The normalized spacial score (nSPS) is 10.0. The number of aromatic amines is 1. The zero-order valence-corrected chi connectivity index (χ0v) is 8.18. The van der Waals surface area contributed by atoms with Crippen molar-refractivity contribution < 1.29 is 9.90 Å². The summed E-state index contributed by atoms with van der Waals surface area (Å²) < 4.78 is 0. The van der Waals surface area contributed by atoms with Gasteiger partial charge >= 0.3 is 5.97 Å². The first-order valence-corrected chi connectivity index (χ1v) is 4.57. The third-order valence-electron chi connectivity index (χ3n) is 2.09. The maximum absolute atomic E-state index is 11.0. The highest BCUT2D eigenvalue weighted by atomic mass is 16.4. The first-order chi connectivity index (χ1) is 7.68. The molecule has 2 rings (SSSR count). The number of hydrogen-bond acceptors (Lipinski definition) is 3. The van der Waals surface area contributed by atoms with Gasteiger partial charge in [0.1, 0.15) is 5.69 Å². The predicted molar refractivity (Wildman–Crippen MR) is 57.3 cm³/mol. The van der Waals surface area contributed by atoms with Gasteiger partial charge in [0, 0.05) is 11.6 Å². The zero-order valence-electron chi connectivity index (χ0n) is 8.18. The van der Waals surface area contributed by atoms with Gasteiger partial charge in [-0.2, -0.15) is 5.10 Å². The molecule has 0 amide bonds. The van der Waals surface area contributed by atoms with E-state index in [0.717, 1.165) is 6.07 Å². The quantitative estimate of drug-likeness (QED) is 0.788. The van der Waals surface area contributed by atoms with Crippen molar-refractivity contribution in [3.05, 3.63) is 52.3 Å². The minimum Gasteiger partial charge on any atom is -0.478 e. The summed E-state index contributed by atoms with van der Waals surface area (Å²) in [5.74, 6) is -1.17. The van der Waals surface area contributed by atoms with Gasteiger partial charge in [-0.3, -0.25) is 4.79 Å². The molecule has 0 aliphatic carbocycles. The molecule has 0 fully saturated rings. The highest BCUT2D eigenvalue weighted by molar-refractivity contribution is 5.94. The molecule has 2 N–H and O–H groups in total. The maximum atomic E-state index is 11.0. The summed E-state index contributed by atoms with van der Waals surface area (Å²) in [5, 5.41) is 14.9. The lowest BCUT2D eigenvalue weighted by molar-refractivity contribution is 0.0697. The minimum absolute atomic E-state index is 0.102. The molecule has 0 saturated heterocycles. The fourth-order valence-corrected chi connectivity index (χ4v) is 1.38. The first kappa shape index (κ1) is 10.1. The lowest BCUT2D eigenvalue weighted by atomic mass is 10.1. The van der Waals surface area contributed by atoms with E-state index in [1.165, 1.54) is 0 Å². The van der Waals surface area contributed by atoms with Crippen LogP contribution in [0.25, 0.3) is 11.3 Å². The van der Waals surface area contributed by atoms with Crippen LogP contribution in [0.15, 0.2) is 41.2 Å². The molecule has 0 aliphatic rings. The van der Waals surface area contributed by atoms with Crippen LogP contribution in [0.3, 0.4) is 0 Å². The van der Waals surface area contributed by atoms with E-state index in [1.54, 1.807) is 24.3 Å². The minimum atomic E-state index is -1.17. The van der Waals surface area contributed by atoms with Crippen molar-refractivity contribution in [3.8, 4) is 11.3 Å². The zero-order chi connectivity index (χ0) is 11.5. The Labute approximate surface area is 90.4 Å². The van der Waals surface area contributed by atoms with E-state index in [-0.39, 0.29) is 11.3 Å². The van der Waals surface area contributed by atoms with Crippen molar-refractivity contribution in [1.82, 2.24) is 10.2 Å². The number of carbonyl (C=O) groups is 1. The summed E-state index contributed by atoms with van der Waals surface area (Å²) in [4.78, 5) is 22.0. The first-order valence-electron chi connectivity index (χ1n) is 4.57. The van der Waals surface area contributed by atoms with Crippen molar-refractivity contribution in [2.75, 3.05) is 0 Å². The number of nitrogens with one attached hydrogen (secondary N) is 1. The number of aromatic carboxylic acids is 1. The van der Waals surface area contributed by atoms with E-state index in [0.29, 0.717) is 5.56 Å². The van der Waals surface area contributed by atoms with Crippen molar-refractivity contribution in [1.29, 1.82) is 0 Å². The monoisotopic (exact) mass is 216 g/mol. The molecule has 0 aliphatic heterocycles. The van der Waals surface area contributed by atoms with Crippen LogP contribution in [0.1, 0.15) is 10.4 Å². The second-order valence-corrected chi connectivity index (χ2v) is 3.17. The van der Waals surface area contributed by atoms with Crippen molar-refractivity contribution >= 4 is 5.97 Å². The fourth-order valence-electron chi connectivity index (χ4n) is 1.38. The third kappa shape index (κ3) is 1.83. The average Bonchev–Trinajstić information content (AvgIpc) is 2.30. The van der Waals surface area contributed by atoms with E-state index in [2.05, 4.69) is 10.2 Å². The number of hydrogen-bond donors (Lipinski definition) is 2. The van der Waals surface area contributed by atoms with Gasteiger partial charge in [-0.05, 0) is 0 Å². The SMILES string of the molecule is O=C(O)c1cc(=O)[nH]nc1-c1ccccc1. The number of carboxylic acids is 1. The average molecular weight is 216 g/mol. The lowest BCUT2D eigenvalue weighted by Crippen LogP contribution is -2.13. The molecule has 5 nitrogen and oxygen atoms in total. The summed E-state index contributed by atoms with van der Waals surface area (Å²) in [7, 11) is 0. The van der Waals surface area contributed by atoms with Crippen molar-refractivity contribution in [2.24, 2.45) is 0 Å². The summed E-state index contributed by atoms with van der Waals surface area (Å²) >= 11 is 0. The molecule has 0 radical (unpaired) electrons. The highest BCUT2D eigenvalue weighted by Gasteiger charge is 2.13.